The van der Waals surface area contributed by atoms with Crippen LogP contribution < -0.4 is 10.6 Å². The minimum atomic E-state index is -0.335. The number of rotatable bonds is 5. The lowest BCUT2D eigenvalue weighted by Gasteiger charge is -2.19. The van der Waals surface area contributed by atoms with Gasteiger partial charge >= 0.3 is 5.97 Å². The van der Waals surface area contributed by atoms with Crippen LogP contribution in [0.15, 0.2) is 36.4 Å². The van der Waals surface area contributed by atoms with E-state index in [4.69, 9.17) is 17.0 Å². The molecule has 5 heteroatoms. The number of hydrogen-bond acceptors (Lipinski definition) is 3. The van der Waals surface area contributed by atoms with E-state index in [0.717, 1.165) is 11.3 Å². The van der Waals surface area contributed by atoms with Gasteiger partial charge in [0.2, 0.25) is 0 Å². The van der Waals surface area contributed by atoms with Crippen LogP contribution in [0.3, 0.4) is 0 Å². The second-order valence-corrected chi connectivity index (χ2v) is 6.82. The number of nitrogens with one attached hydrogen (secondary N) is 2. The van der Waals surface area contributed by atoms with E-state index in [0.29, 0.717) is 17.3 Å². The molecule has 138 valence electrons. The Morgan fingerprint density at radius 3 is 2.42 bits per heavy atom. The van der Waals surface area contributed by atoms with Crippen molar-refractivity contribution in [2.75, 3.05) is 11.9 Å². The molecule has 2 aromatic carbocycles. The number of hydrogen-bond donors (Lipinski definition) is 2. The molecule has 2 N–H and O–H groups in total. The summed E-state index contributed by atoms with van der Waals surface area (Å²) in [6.07, 6.45) is 0. The predicted molar refractivity (Wildman–Crippen MR) is 111 cm³/mol. The number of ether oxygens (including phenoxy) is 1. The van der Waals surface area contributed by atoms with Crippen molar-refractivity contribution in [3.05, 3.63) is 64.2 Å². The maximum absolute atomic E-state index is 11.9. The van der Waals surface area contributed by atoms with Crippen LogP contribution in [0.25, 0.3) is 0 Å². The van der Waals surface area contributed by atoms with Crippen LogP contribution in [0.2, 0.25) is 0 Å². The number of carbonyl (C=O) groups excluding carboxylic acids is 1. The molecular formula is C21H26N2O2S. The maximum Gasteiger partial charge on any atom is 0.338 e. The molecule has 0 aliphatic carbocycles. The zero-order chi connectivity index (χ0) is 19.3. The lowest BCUT2D eigenvalue weighted by atomic mass is 10.0. The molecule has 2 aromatic rings. The zero-order valence-electron chi connectivity index (χ0n) is 16.0. The van der Waals surface area contributed by atoms with Gasteiger partial charge in [-0.3, -0.25) is 0 Å². The van der Waals surface area contributed by atoms with Crippen LogP contribution in [-0.2, 0) is 4.74 Å². The van der Waals surface area contributed by atoms with Gasteiger partial charge in [-0.05, 0) is 81.2 Å². The first-order valence-corrected chi connectivity index (χ1v) is 9.15. The van der Waals surface area contributed by atoms with Crippen molar-refractivity contribution < 1.29 is 9.53 Å². The summed E-state index contributed by atoms with van der Waals surface area (Å²) in [7, 11) is 0. The first-order chi connectivity index (χ1) is 12.3. The van der Waals surface area contributed by atoms with E-state index in [-0.39, 0.29) is 12.0 Å². The van der Waals surface area contributed by atoms with E-state index < -0.39 is 0 Å². The molecule has 0 fully saturated rings. The molecular weight excluding hydrogens is 344 g/mol. The number of esters is 1. The third-order valence-electron chi connectivity index (χ3n) is 4.38. The molecule has 0 saturated carbocycles. The summed E-state index contributed by atoms with van der Waals surface area (Å²) in [4.78, 5) is 11.9. The highest BCUT2D eigenvalue weighted by atomic mass is 32.1. The van der Waals surface area contributed by atoms with Gasteiger partial charge in [-0.15, -0.1) is 0 Å². The van der Waals surface area contributed by atoms with Crippen LogP contribution in [0.5, 0.6) is 0 Å². The lowest BCUT2D eigenvalue weighted by molar-refractivity contribution is 0.0526. The molecule has 4 nitrogen and oxygen atoms in total. The molecule has 1 atom stereocenters. The molecule has 2 rings (SSSR count). The van der Waals surface area contributed by atoms with Crippen LogP contribution in [0, 0.1) is 20.8 Å². The van der Waals surface area contributed by atoms with E-state index in [1.54, 1.807) is 19.1 Å². The van der Waals surface area contributed by atoms with Gasteiger partial charge in [0.1, 0.15) is 0 Å². The number of thiocarbonyl (C=S) groups is 1. The fraction of sp³-hybridized carbons (Fsp3) is 0.333. The second-order valence-electron chi connectivity index (χ2n) is 6.41. The predicted octanol–water partition coefficient (Wildman–Crippen LogP) is 4.84. The standard InChI is InChI=1S/C21H26N2O2S/c1-6-25-20(24)18-10-8-14(3)19(12-18)23-21(26)22-16(5)17-9-7-13(2)15(4)11-17/h7-12,16H,6H2,1-5H3,(H2,22,23,26)/t16-/m0/s1. The van der Waals surface area contributed by atoms with Crippen molar-refractivity contribution >= 4 is 29.0 Å². The van der Waals surface area contributed by atoms with E-state index >= 15 is 0 Å². The summed E-state index contributed by atoms with van der Waals surface area (Å²) in [5.41, 5.74) is 6.00. The molecule has 0 radical (unpaired) electrons. The number of aryl methyl sites for hydroxylation is 3. The highest BCUT2D eigenvalue weighted by Gasteiger charge is 2.12. The van der Waals surface area contributed by atoms with Crippen molar-refractivity contribution in [3.63, 3.8) is 0 Å². The summed E-state index contributed by atoms with van der Waals surface area (Å²) < 4.78 is 5.06. The third kappa shape index (κ3) is 5.05. The van der Waals surface area contributed by atoms with Crippen LogP contribution >= 0.6 is 12.2 Å². The van der Waals surface area contributed by atoms with Gasteiger partial charge in [0.05, 0.1) is 18.2 Å². The van der Waals surface area contributed by atoms with Crippen molar-refractivity contribution in [2.24, 2.45) is 0 Å². The molecule has 0 heterocycles. The van der Waals surface area contributed by atoms with Gasteiger partial charge in [-0.25, -0.2) is 4.79 Å². The van der Waals surface area contributed by atoms with Gasteiger partial charge in [0, 0.05) is 5.69 Å². The topological polar surface area (TPSA) is 50.4 Å². The first kappa shape index (κ1) is 19.9. The summed E-state index contributed by atoms with van der Waals surface area (Å²) >= 11 is 5.45. The highest BCUT2D eigenvalue weighted by Crippen LogP contribution is 2.20. The molecule has 0 bridgehead atoms. The van der Waals surface area contributed by atoms with Crippen molar-refractivity contribution in [1.29, 1.82) is 0 Å². The molecule has 0 aromatic heterocycles. The SMILES string of the molecule is CCOC(=O)c1ccc(C)c(NC(=S)N[C@@H](C)c2ccc(C)c(C)c2)c1. The van der Waals surface area contributed by atoms with Gasteiger partial charge in [0.25, 0.3) is 0 Å². The van der Waals surface area contributed by atoms with E-state index in [9.17, 15) is 4.79 Å². The minimum Gasteiger partial charge on any atom is -0.462 e. The van der Waals surface area contributed by atoms with Crippen molar-refractivity contribution in [3.8, 4) is 0 Å². The normalized spacial score (nSPS) is 11.6. The highest BCUT2D eigenvalue weighted by molar-refractivity contribution is 7.80. The Morgan fingerprint density at radius 1 is 1.08 bits per heavy atom. The van der Waals surface area contributed by atoms with E-state index in [2.05, 4.69) is 49.6 Å². The molecule has 0 amide bonds. The summed E-state index contributed by atoms with van der Waals surface area (Å²) in [5.74, 6) is -0.335. The third-order valence-corrected chi connectivity index (χ3v) is 4.60. The quantitative estimate of drug-likeness (QED) is 0.583. The average Bonchev–Trinajstić information content (AvgIpc) is 2.59. The Morgan fingerprint density at radius 2 is 1.77 bits per heavy atom. The number of anilines is 1. The molecule has 0 spiro atoms. The molecule has 26 heavy (non-hydrogen) atoms. The van der Waals surface area contributed by atoms with Gasteiger partial charge in [0.15, 0.2) is 5.11 Å². The Bertz CT molecular complexity index is 818. The van der Waals surface area contributed by atoms with Crippen molar-refractivity contribution in [2.45, 2.75) is 40.7 Å². The fourth-order valence-corrected chi connectivity index (χ4v) is 2.86. The zero-order valence-corrected chi connectivity index (χ0v) is 16.8. The first-order valence-electron chi connectivity index (χ1n) is 8.74. The van der Waals surface area contributed by atoms with E-state index in [1.165, 1.54) is 16.7 Å². The average molecular weight is 371 g/mol. The molecule has 0 unspecified atom stereocenters. The number of carbonyl (C=O) groups is 1. The van der Waals surface area contributed by atoms with Crippen molar-refractivity contribution in [1.82, 2.24) is 5.32 Å². The Kier molecular flexibility index (Phi) is 6.75. The lowest BCUT2D eigenvalue weighted by Crippen LogP contribution is -2.31. The van der Waals surface area contributed by atoms with Crippen LogP contribution in [-0.4, -0.2) is 17.7 Å². The summed E-state index contributed by atoms with van der Waals surface area (Å²) in [6, 6.07) is 11.9. The minimum absolute atomic E-state index is 0.0721. The largest absolute Gasteiger partial charge is 0.462 e. The van der Waals surface area contributed by atoms with Crippen LogP contribution in [0.4, 0.5) is 5.69 Å². The van der Waals surface area contributed by atoms with E-state index in [1.807, 2.05) is 13.0 Å². The molecule has 0 aliphatic rings. The fourth-order valence-electron chi connectivity index (χ4n) is 2.57. The van der Waals surface area contributed by atoms with Gasteiger partial charge in [-0.1, -0.05) is 24.3 Å². The maximum atomic E-state index is 11.9. The summed E-state index contributed by atoms with van der Waals surface area (Å²) in [5, 5.41) is 7.00. The van der Waals surface area contributed by atoms with Gasteiger partial charge in [-0.2, -0.15) is 0 Å². The Hall–Kier alpha value is -2.40. The molecule has 0 aliphatic heterocycles. The smallest absolute Gasteiger partial charge is 0.338 e. The second kappa shape index (κ2) is 8.81. The monoisotopic (exact) mass is 370 g/mol. The summed E-state index contributed by atoms with van der Waals surface area (Å²) in [6.45, 7) is 10.4. The van der Waals surface area contributed by atoms with Gasteiger partial charge < -0.3 is 15.4 Å². The molecule has 0 saturated heterocycles. The Balaban J connectivity index is 2.08. The Labute approximate surface area is 161 Å². The number of benzene rings is 2. The van der Waals surface area contributed by atoms with Crippen LogP contribution in [0.1, 0.15) is 52.5 Å².